The van der Waals surface area contributed by atoms with Crippen molar-refractivity contribution in [1.82, 2.24) is 0 Å². The van der Waals surface area contributed by atoms with E-state index < -0.39 is 7.51 Å². The zero-order chi connectivity index (χ0) is 20.7. The Bertz CT molecular complexity index is 793. The molecule has 0 spiro atoms. The maximum absolute atomic E-state index is 10.1. The smallest absolute Gasteiger partial charge is 0.241 e. The highest BCUT2D eigenvalue weighted by atomic mass is 31.2. The Kier molecular flexibility index (Phi) is 7.00. The molecule has 0 amide bonds. The van der Waals surface area contributed by atoms with Gasteiger partial charge in [0, 0.05) is 36.7 Å². The van der Waals surface area contributed by atoms with Gasteiger partial charge in [-0.1, -0.05) is 54.6 Å². The molecule has 0 saturated carbocycles. The van der Waals surface area contributed by atoms with Gasteiger partial charge in [-0.15, -0.1) is 0 Å². The Morgan fingerprint density at radius 2 is 0.759 bits per heavy atom. The van der Waals surface area contributed by atoms with E-state index in [9.17, 15) is 5.16 Å². The summed E-state index contributed by atoms with van der Waals surface area (Å²) in [5.74, 6) is 0. The number of anilines is 3. The number of nitrogens with zero attached hydrogens (tertiary/aromatic N) is 3. The second kappa shape index (κ2) is 9.67. The summed E-state index contributed by atoms with van der Waals surface area (Å²) in [5.41, 5.74) is 3.26. The van der Waals surface area contributed by atoms with Crippen molar-refractivity contribution in [2.75, 3.05) is 33.6 Å². The van der Waals surface area contributed by atoms with Crippen LogP contribution in [0.15, 0.2) is 91.0 Å². The van der Waals surface area contributed by atoms with Gasteiger partial charge in [-0.2, -0.15) is 0 Å². The van der Waals surface area contributed by atoms with Crippen molar-refractivity contribution in [2.24, 2.45) is 0 Å². The summed E-state index contributed by atoms with van der Waals surface area (Å²) in [6.07, 6.45) is 0. The molecule has 0 aromatic heterocycles. The van der Waals surface area contributed by atoms with Crippen LogP contribution in [0.4, 0.5) is 17.1 Å². The lowest BCUT2D eigenvalue weighted by Crippen LogP contribution is -2.41. The average Bonchev–Trinajstić information content (AvgIpc) is 2.77. The molecule has 0 radical (unpaired) electrons. The monoisotopic (exact) mass is 406 g/mol. The van der Waals surface area contributed by atoms with Crippen LogP contribution in [0, 0.1) is 5.16 Å². The van der Waals surface area contributed by atoms with Crippen LogP contribution in [-0.2, 0) is 0 Å². The lowest BCUT2D eigenvalue weighted by Gasteiger charge is -2.50. The first-order valence-electron chi connectivity index (χ1n) is 10.3. The van der Waals surface area contributed by atoms with Gasteiger partial charge in [0.05, 0.1) is 0 Å². The van der Waals surface area contributed by atoms with E-state index in [-0.39, 0.29) is 0 Å². The number of para-hydroxylation sites is 3. The molecule has 3 rings (SSSR count). The highest BCUT2D eigenvalue weighted by molar-refractivity contribution is 7.69. The van der Waals surface area contributed by atoms with Crippen molar-refractivity contribution >= 4 is 24.6 Å². The molecule has 0 aliphatic heterocycles. The second-order valence-corrected chi connectivity index (χ2v) is 9.31. The predicted molar refractivity (Wildman–Crippen MR) is 128 cm³/mol. The molecule has 0 fully saturated rings. The fourth-order valence-corrected chi connectivity index (χ4v) is 7.14. The highest BCUT2D eigenvalue weighted by Crippen LogP contribution is 2.61. The number of hydrogen-bond donors (Lipinski definition) is 1. The normalized spacial score (nSPS) is 11.1. The van der Waals surface area contributed by atoms with Crippen LogP contribution < -0.4 is 14.0 Å². The minimum Gasteiger partial charge on any atom is -0.307 e. The van der Waals surface area contributed by atoms with Crippen molar-refractivity contribution in [3.8, 4) is 0 Å². The fourth-order valence-electron chi connectivity index (χ4n) is 3.81. The van der Waals surface area contributed by atoms with Gasteiger partial charge >= 0.3 is 0 Å². The number of nitrogens with one attached hydrogen (secondary N) is 1. The van der Waals surface area contributed by atoms with Gasteiger partial charge in [-0.25, -0.2) is 0 Å². The lowest BCUT2D eigenvalue weighted by molar-refractivity contribution is 0.967. The second-order valence-electron chi connectivity index (χ2n) is 6.72. The van der Waals surface area contributed by atoms with Gasteiger partial charge in [-0.3, -0.25) is 5.16 Å². The first-order chi connectivity index (χ1) is 14.2. The van der Waals surface area contributed by atoms with Gasteiger partial charge in [0.1, 0.15) is 0 Å². The third-order valence-corrected chi connectivity index (χ3v) is 8.63. The molecule has 1 N–H and O–H groups in total. The predicted octanol–water partition coefficient (Wildman–Crippen LogP) is 7.09. The third kappa shape index (κ3) is 4.18. The maximum atomic E-state index is 10.1. The van der Waals surface area contributed by atoms with Crippen molar-refractivity contribution in [3.63, 3.8) is 0 Å². The summed E-state index contributed by atoms with van der Waals surface area (Å²) in [7, 11) is -2.72. The molecular weight excluding hydrogens is 375 g/mol. The number of hydrogen-bond acceptors (Lipinski definition) is 1. The third-order valence-electron chi connectivity index (χ3n) is 5.07. The van der Waals surface area contributed by atoms with E-state index in [1.54, 1.807) is 0 Å². The van der Waals surface area contributed by atoms with Crippen molar-refractivity contribution in [3.05, 3.63) is 91.0 Å². The summed E-state index contributed by atoms with van der Waals surface area (Å²) in [6.45, 7) is 8.71. The SMILES string of the molecule is CCN(c1ccccc1)P(=N)(N(CC)c1ccccc1)N(CC)c1ccccc1. The van der Waals surface area contributed by atoms with Crippen LogP contribution in [0.5, 0.6) is 0 Å². The molecule has 29 heavy (non-hydrogen) atoms. The largest absolute Gasteiger partial charge is 0.307 e. The maximum Gasteiger partial charge on any atom is 0.241 e. The van der Waals surface area contributed by atoms with Crippen LogP contribution >= 0.6 is 7.51 Å². The lowest BCUT2D eigenvalue weighted by atomic mass is 10.3. The van der Waals surface area contributed by atoms with Gasteiger partial charge < -0.3 is 14.0 Å². The molecule has 3 aromatic carbocycles. The van der Waals surface area contributed by atoms with E-state index in [0.29, 0.717) is 0 Å². The van der Waals surface area contributed by atoms with E-state index in [1.807, 2.05) is 18.2 Å². The molecule has 3 aromatic rings. The molecule has 152 valence electrons. The molecule has 0 heterocycles. The Balaban J connectivity index is 2.23. The average molecular weight is 407 g/mol. The molecule has 5 heteroatoms. The topological polar surface area (TPSA) is 33.6 Å². The van der Waals surface area contributed by atoms with Gasteiger partial charge in [0.25, 0.3) is 0 Å². The summed E-state index contributed by atoms with van der Waals surface area (Å²) in [5, 5.41) is 10.1. The molecule has 0 bridgehead atoms. The zero-order valence-corrected chi connectivity index (χ0v) is 18.5. The van der Waals surface area contributed by atoms with E-state index in [4.69, 9.17) is 0 Å². The molecule has 0 unspecified atom stereocenters. The summed E-state index contributed by atoms with van der Waals surface area (Å²) >= 11 is 0. The van der Waals surface area contributed by atoms with Crippen LogP contribution in [0.25, 0.3) is 0 Å². The van der Waals surface area contributed by atoms with Crippen molar-refractivity contribution in [1.29, 1.82) is 5.16 Å². The van der Waals surface area contributed by atoms with Gasteiger partial charge in [0.15, 0.2) is 0 Å². The van der Waals surface area contributed by atoms with E-state index in [0.717, 1.165) is 36.7 Å². The Hall–Kier alpha value is -2.71. The first-order valence-corrected chi connectivity index (χ1v) is 11.9. The first kappa shape index (κ1) is 21.0. The Labute approximate surface area is 175 Å². The minimum absolute atomic E-state index is 0.758. The van der Waals surface area contributed by atoms with Crippen molar-refractivity contribution < 1.29 is 0 Å². The van der Waals surface area contributed by atoms with Crippen molar-refractivity contribution in [2.45, 2.75) is 20.8 Å². The minimum atomic E-state index is -2.72. The number of benzene rings is 3. The molecule has 4 nitrogen and oxygen atoms in total. The molecule has 0 aliphatic carbocycles. The summed E-state index contributed by atoms with van der Waals surface area (Å²) in [4.78, 5) is 0. The van der Waals surface area contributed by atoms with Crippen LogP contribution in [0.3, 0.4) is 0 Å². The van der Waals surface area contributed by atoms with Crippen LogP contribution in [0.1, 0.15) is 20.8 Å². The van der Waals surface area contributed by atoms with Gasteiger partial charge in [-0.05, 0) is 57.2 Å². The van der Waals surface area contributed by atoms with E-state index >= 15 is 0 Å². The van der Waals surface area contributed by atoms with Gasteiger partial charge in [0.2, 0.25) is 7.51 Å². The van der Waals surface area contributed by atoms with E-state index in [1.165, 1.54) is 0 Å². The highest BCUT2D eigenvalue weighted by Gasteiger charge is 2.38. The fraction of sp³-hybridized carbons (Fsp3) is 0.250. The molecule has 0 atom stereocenters. The summed E-state index contributed by atoms with van der Waals surface area (Å²) < 4.78 is 6.83. The van der Waals surface area contributed by atoms with E-state index in [2.05, 4.69) is 108 Å². The quantitative estimate of drug-likeness (QED) is 0.385. The molecule has 0 saturated heterocycles. The zero-order valence-electron chi connectivity index (χ0n) is 17.6. The van der Waals surface area contributed by atoms with Crippen LogP contribution in [0.2, 0.25) is 0 Å². The number of rotatable bonds is 9. The standard InChI is InChI=1S/C24H31N4P/c1-4-26(22-16-10-7-11-17-22)29(25,27(5-2)23-18-12-8-13-19-23)28(6-3)24-20-14-9-15-21-24/h7-21,25H,4-6H2,1-3H3. The van der Waals surface area contributed by atoms with Crippen LogP contribution in [-0.4, -0.2) is 19.6 Å². The molecule has 0 aliphatic rings. The summed E-state index contributed by atoms with van der Waals surface area (Å²) in [6, 6.07) is 31.1. The Morgan fingerprint density at radius 1 is 0.517 bits per heavy atom. The Morgan fingerprint density at radius 3 is 0.966 bits per heavy atom. The molecular formula is C24H31N4P.